The predicted molar refractivity (Wildman–Crippen MR) is 92.4 cm³/mol. The quantitative estimate of drug-likeness (QED) is 0.712. The standard InChI is InChI=1S/C20H27N/c1-4-16(3)15-20(21-5-2)19-13-11-18(12-14-19)17-9-7-6-8-10-17/h6-14,16,20-21H,4-5,15H2,1-3H3. The third kappa shape index (κ3) is 4.44. The van der Waals surface area contributed by atoms with Crippen molar-refractivity contribution >= 4 is 0 Å². The minimum atomic E-state index is 0.467. The van der Waals surface area contributed by atoms with E-state index < -0.39 is 0 Å². The SMILES string of the molecule is CCNC(CC(C)CC)c1ccc(-c2ccccc2)cc1. The molecule has 112 valence electrons. The monoisotopic (exact) mass is 281 g/mol. The van der Waals surface area contributed by atoms with Crippen LogP contribution in [0.15, 0.2) is 54.6 Å². The van der Waals surface area contributed by atoms with Gasteiger partial charge in [0.2, 0.25) is 0 Å². The Morgan fingerprint density at radius 3 is 2.05 bits per heavy atom. The van der Waals surface area contributed by atoms with Crippen molar-refractivity contribution in [2.45, 2.75) is 39.7 Å². The second kappa shape index (κ2) is 7.99. The average molecular weight is 281 g/mol. The summed E-state index contributed by atoms with van der Waals surface area (Å²) in [6.07, 6.45) is 2.44. The first kappa shape index (κ1) is 15.8. The van der Waals surface area contributed by atoms with Gasteiger partial charge in [-0.15, -0.1) is 0 Å². The van der Waals surface area contributed by atoms with Gasteiger partial charge in [0, 0.05) is 6.04 Å². The number of benzene rings is 2. The highest BCUT2D eigenvalue weighted by Crippen LogP contribution is 2.26. The Balaban J connectivity index is 2.15. The van der Waals surface area contributed by atoms with E-state index in [-0.39, 0.29) is 0 Å². The fraction of sp³-hybridized carbons (Fsp3) is 0.400. The Hall–Kier alpha value is -1.60. The fourth-order valence-electron chi connectivity index (χ4n) is 2.69. The smallest absolute Gasteiger partial charge is 0.0322 e. The minimum Gasteiger partial charge on any atom is -0.310 e. The summed E-state index contributed by atoms with van der Waals surface area (Å²) < 4.78 is 0. The lowest BCUT2D eigenvalue weighted by Gasteiger charge is -2.22. The Kier molecular flexibility index (Phi) is 6.01. The zero-order valence-corrected chi connectivity index (χ0v) is 13.5. The highest BCUT2D eigenvalue weighted by molar-refractivity contribution is 5.63. The average Bonchev–Trinajstić information content (AvgIpc) is 2.55. The summed E-state index contributed by atoms with van der Waals surface area (Å²) in [6.45, 7) is 7.80. The zero-order chi connectivity index (χ0) is 15.1. The number of nitrogens with one attached hydrogen (secondary N) is 1. The van der Waals surface area contributed by atoms with E-state index >= 15 is 0 Å². The summed E-state index contributed by atoms with van der Waals surface area (Å²) in [5.74, 6) is 0.753. The largest absolute Gasteiger partial charge is 0.310 e. The van der Waals surface area contributed by atoms with E-state index in [0.29, 0.717) is 6.04 Å². The van der Waals surface area contributed by atoms with Crippen LogP contribution in [-0.2, 0) is 0 Å². The van der Waals surface area contributed by atoms with Crippen LogP contribution in [0.1, 0.15) is 45.2 Å². The molecule has 2 rings (SSSR count). The van der Waals surface area contributed by atoms with Crippen LogP contribution < -0.4 is 5.32 Å². The van der Waals surface area contributed by atoms with E-state index in [9.17, 15) is 0 Å². The second-order valence-electron chi connectivity index (χ2n) is 5.85. The molecule has 0 amide bonds. The van der Waals surface area contributed by atoms with Crippen LogP contribution in [-0.4, -0.2) is 6.54 Å². The van der Waals surface area contributed by atoms with Gasteiger partial charge in [0.05, 0.1) is 0 Å². The highest BCUT2D eigenvalue weighted by atomic mass is 14.9. The van der Waals surface area contributed by atoms with Gasteiger partial charge in [-0.1, -0.05) is 81.8 Å². The molecule has 0 spiro atoms. The zero-order valence-electron chi connectivity index (χ0n) is 13.5. The molecule has 0 aliphatic rings. The molecule has 0 saturated heterocycles. The van der Waals surface area contributed by atoms with Crippen LogP contribution in [0, 0.1) is 5.92 Å². The molecule has 0 radical (unpaired) electrons. The Bertz CT molecular complexity index is 515. The topological polar surface area (TPSA) is 12.0 Å². The van der Waals surface area contributed by atoms with Crippen LogP contribution in [0.3, 0.4) is 0 Å². The van der Waals surface area contributed by atoms with Gasteiger partial charge in [0.15, 0.2) is 0 Å². The molecular formula is C20H27N. The van der Waals surface area contributed by atoms with Crippen molar-refractivity contribution in [3.05, 3.63) is 60.2 Å². The minimum absolute atomic E-state index is 0.467. The maximum atomic E-state index is 3.62. The summed E-state index contributed by atoms with van der Waals surface area (Å²) in [4.78, 5) is 0. The summed E-state index contributed by atoms with van der Waals surface area (Å²) in [6, 6.07) is 20.1. The van der Waals surface area contributed by atoms with Crippen molar-refractivity contribution in [3.63, 3.8) is 0 Å². The molecule has 1 heteroatoms. The van der Waals surface area contributed by atoms with Gasteiger partial charge >= 0.3 is 0 Å². The van der Waals surface area contributed by atoms with Crippen LogP contribution in [0.5, 0.6) is 0 Å². The van der Waals surface area contributed by atoms with Gasteiger partial charge in [0.25, 0.3) is 0 Å². The van der Waals surface area contributed by atoms with Crippen LogP contribution >= 0.6 is 0 Å². The fourth-order valence-corrected chi connectivity index (χ4v) is 2.69. The van der Waals surface area contributed by atoms with Crippen molar-refractivity contribution < 1.29 is 0 Å². The molecule has 1 N–H and O–H groups in total. The summed E-state index contributed by atoms with van der Waals surface area (Å²) in [5.41, 5.74) is 3.97. The van der Waals surface area contributed by atoms with E-state index in [1.54, 1.807) is 0 Å². The normalized spacial score (nSPS) is 13.9. The first-order chi connectivity index (χ1) is 10.2. The molecule has 2 aromatic carbocycles. The third-order valence-corrected chi connectivity index (χ3v) is 4.21. The maximum absolute atomic E-state index is 3.62. The van der Waals surface area contributed by atoms with Crippen molar-refractivity contribution in [1.82, 2.24) is 5.32 Å². The molecule has 2 atom stereocenters. The maximum Gasteiger partial charge on any atom is 0.0322 e. The molecule has 0 fully saturated rings. The van der Waals surface area contributed by atoms with E-state index in [0.717, 1.165) is 12.5 Å². The Morgan fingerprint density at radius 2 is 1.48 bits per heavy atom. The van der Waals surface area contributed by atoms with Gasteiger partial charge in [-0.25, -0.2) is 0 Å². The molecule has 0 aliphatic heterocycles. The molecule has 21 heavy (non-hydrogen) atoms. The van der Waals surface area contributed by atoms with Crippen LogP contribution in [0.2, 0.25) is 0 Å². The molecule has 0 aliphatic carbocycles. The van der Waals surface area contributed by atoms with Crippen molar-refractivity contribution in [3.8, 4) is 11.1 Å². The lowest BCUT2D eigenvalue weighted by Crippen LogP contribution is -2.22. The van der Waals surface area contributed by atoms with Crippen LogP contribution in [0.4, 0.5) is 0 Å². The van der Waals surface area contributed by atoms with Crippen molar-refractivity contribution in [2.75, 3.05) is 6.54 Å². The van der Waals surface area contributed by atoms with Gasteiger partial charge in [-0.05, 0) is 35.6 Å². The van der Waals surface area contributed by atoms with E-state index in [2.05, 4.69) is 80.7 Å². The van der Waals surface area contributed by atoms with Gasteiger partial charge in [-0.3, -0.25) is 0 Å². The lowest BCUT2D eigenvalue weighted by molar-refractivity contribution is 0.408. The summed E-state index contributed by atoms with van der Waals surface area (Å²) in [5, 5.41) is 3.62. The molecular weight excluding hydrogens is 254 g/mol. The molecule has 0 heterocycles. The number of rotatable bonds is 7. The van der Waals surface area contributed by atoms with Gasteiger partial charge in [0.1, 0.15) is 0 Å². The Labute approximate surface area is 129 Å². The first-order valence-electron chi connectivity index (χ1n) is 8.13. The molecule has 2 aromatic rings. The molecule has 0 bridgehead atoms. The van der Waals surface area contributed by atoms with E-state index in [1.807, 2.05) is 0 Å². The number of hydrogen-bond donors (Lipinski definition) is 1. The molecule has 2 unspecified atom stereocenters. The van der Waals surface area contributed by atoms with E-state index in [4.69, 9.17) is 0 Å². The molecule has 0 saturated carbocycles. The van der Waals surface area contributed by atoms with Crippen molar-refractivity contribution in [2.24, 2.45) is 5.92 Å². The first-order valence-corrected chi connectivity index (χ1v) is 8.13. The second-order valence-corrected chi connectivity index (χ2v) is 5.85. The Morgan fingerprint density at radius 1 is 0.857 bits per heavy atom. The highest BCUT2D eigenvalue weighted by Gasteiger charge is 2.13. The van der Waals surface area contributed by atoms with Gasteiger partial charge in [-0.2, -0.15) is 0 Å². The number of hydrogen-bond acceptors (Lipinski definition) is 1. The van der Waals surface area contributed by atoms with Crippen LogP contribution in [0.25, 0.3) is 11.1 Å². The third-order valence-electron chi connectivity index (χ3n) is 4.21. The molecule has 1 nitrogen and oxygen atoms in total. The van der Waals surface area contributed by atoms with Crippen molar-refractivity contribution in [1.29, 1.82) is 0 Å². The summed E-state index contributed by atoms with van der Waals surface area (Å²) >= 11 is 0. The predicted octanol–water partition coefficient (Wildman–Crippen LogP) is 5.44. The van der Waals surface area contributed by atoms with Gasteiger partial charge < -0.3 is 5.32 Å². The summed E-state index contributed by atoms with van der Waals surface area (Å²) in [7, 11) is 0. The van der Waals surface area contributed by atoms with E-state index in [1.165, 1.54) is 29.5 Å². The lowest BCUT2D eigenvalue weighted by atomic mass is 9.93. The molecule has 0 aromatic heterocycles.